The Hall–Kier alpha value is -1.22. The van der Waals surface area contributed by atoms with Crippen LogP contribution in [0.4, 0.5) is 0 Å². The predicted molar refractivity (Wildman–Crippen MR) is 69.5 cm³/mol. The fourth-order valence-electron chi connectivity index (χ4n) is 1.36. The van der Waals surface area contributed by atoms with Crippen LogP contribution in [0.1, 0.15) is 26.2 Å². The summed E-state index contributed by atoms with van der Waals surface area (Å²) in [7, 11) is 0. The highest BCUT2D eigenvalue weighted by Gasteiger charge is 2.02. The second-order valence-electron chi connectivity index (χ2n) is 3.80. The van der Waals surface area contributed by atoms with E-state index < -0.39 is 0 Å². The number of unbranched alkanes of at least 4 members (excludes halogenated alkanes) is 2. The zero-order valence-corrected chi connectivity index (χ0v) is 10.8. The minimum atomic E-state index is -0.0962. The van der Waals surface area contributed by atoms with Crippen LogP contribution in [-0.2, 0) is 4.79 Å². The zero-order valence-electron chi connectivity index (χ0n) is 10.0. The second-order valence-corrected chi connectivity index (χ2v) is 4.24. The molecule has 0 unspecified atom stereocenters. The van der Waals surface area contributed by atoms with Gasteiger partial charge in [0.25, 0.3) is 5.91 Å². The lowest BCUT2D eigenvalue weighted by atomic mass is 10.2. The molecule has 0 fully saturated rings. The van der Waals surface area contributed by atoms with Gasteiger partial charge in [0.05, 0.1) is 0 Å². The Balaban J connectivity index is 2.19. The molecule has 0 aliphatic rings. The SMILES string of the molecule is CCCCCNC(=O)COc1cccc(Cl)c1. The van der Waals surface area contributed by atoms with Gasteiger partial charge in [-0.1, -0.05) is 37.4 Å². The first-order valence-corrected chi connectivity index (χ1v) is 6.25. The summed E-state index contributed by atoms with van der Waals surface area (Å²) in [6, 6.07) is 7.01. The lowest BCUT2D eigenvalue weighted by Gasteiger charge is -2.07. The molecule has 3 nitrogen and oxygen atoms in total. The fourth-order valence-corrected chi connectivity index (χ4v) is 1.54. The maximum Gasteiger partial charge on any atom is 0.257 e. The first-order valence-electron chi connectivity index (χ1n) is 5.87. The highest BCUT2D eigenvalue weighted by molar-refractivity contribution is 6.30. The molecule has 0 saturated carbocycles. The third-order valence-electron chi connectivity index (χ3n) is 2.27. The van der Waals surface area contributed by atoms with Crippen molar-refractivity contribution in [2.75, 3.05) is 13.2 Å². The number of carbonyl (C=O) groups is 1. The third kappa shape index (κ3) is 6.17. The minimum absolute atomic E-state index is 0.0342. The normalized spacial score (nSPS) is 10.0. The van der Waals surface area contributed by atoms with Gasteiger partial charge in [-0.15, -0.1) is 0 Å². The van der Waals surface area contributed by atoms with E-state index in [0.717, 1.165) is 19.3 Å². The van der Waals surface area contributed by atoms with Gasteiger partial charge in [-0.25, -0.2) is 0 Å². The number of ether oxygens (including phenoxy) is 1. The smallest absolute Gasteiger partial charge is 0.257 e. The maximum atomic E-state index is 11.4. The van der Waals surface area contributed by atoms with Crippen LogP contribution in [0, 0.1) is 0 Å². The molecule has 1 aromatic carbocycles. The molecule has 0 atom stereocenters. The molecule has 4 heteroatoms. The van der Waals surface area contributed by atoms with E-state index in [1.807, 2.05) is 0 Å². The van der Waals surface area contributed by atoms with E-state index in [1.165, 1.54) is 0 Å². The summed E-state index contributed by atoms with van der Waals surface area (Å²) in [6.07, 6.45) is 3.30. The van der Waals surface area contributed by atoms with Gasteiger partial charge in [0, 0.05) is 11.6 Å². The predicted octanol–water partition coefficient (Wildman–Crippen LogP) is 3.03. The molecule has 17 heavy (non-hydrogen) atoms. The van der Waals surface area contributed by atoms with Crippen LogP contribution < -0.4 is 10.1 Å². The third-order valence-corrected chi connectivity index (χ3v) is 2.50. The maximum absolute atomic E-state index is 11.4. The monoisotopic (exact) mass is 255 g/mol. The molecule has 1 amide bonds. The number of benzene rings is 1. The molecule has 0 aliphatic heterocycles. The summed E-state index contributed by atoms with van der Waals surface area (Å²) in [5.41, 5.74) is 0. The molecule has 94 valence electrons. The van der Waals surface area contributed by atoms with Crippen molar-refractivity contribution in [2.45, 2.75) is 26.2 Å². The quantitative estimate of drug-likeness (QED) is 0.761. The van der Waals surface area contributed by atoms with E-state index in [9.17, 15) is 4.79 Å². The number of nitrogens with one attached hydrogen (secondary N) is 1. The highest BCUT2D eigenvalue weighted by atomic mass is 35.5. The molecule has 0 aromatic heterocycles. The van der Waals surface area contributed by atoms with Crippen molar-refractivity contribution in [2.24, 2.45) is 0 Å². The minimum Gasteiger partial charge on any atom is -0.484 e. The molecule has 1 N–H and O–H groups in total. The second kappa shape index (κ2) is 7.96. The van der Waals surface area contributed by atoms with Gasteiger partial charge in [0.15, 0.2) is 6.61 Å². The number of halogens is 1. The van der Waals surface area contributed by atoms with Crippen LogP contribution in [0.3, 0.4) is 0 Å². The van der Waals surface area contributed by atoms with Crippen LogP contribution in [0.25, 0.3) is 0 Å². The molecule has 0 bridgehead atoms. The largest absolute Gasteiger partial charge is 0.484 e. The van der Waals surface area contributed by atoms with E-state index in [4.69, 9.17) is 16.3 Å². The van der Waals surface area contributed by atoms with Gasteiger partial charge >= 0.3 is 0 Å². The van der Waals surface area contributed by atoms with E-state index in [1.54, 1.807) is 24.3 Å². The average molecular weight is 256 g/mol. The Kier molecular flexibility index (Phi) is 6.48. The molecular formula is C13H18ClNO2. The van der Waals surface area contributed by atoms with Crippen molar-refractivity contribution in [3.8, 4) is 5.75 Å². The molecule has 0 radical (unpaired) electrons. The summed E-state index contributed by atoms with van der Waals surface area (Å²) in [5.74, 6) is 0.516. The first-order chi connectivity index (χ1) is 8.22. The van der Waals surface area contributed by atoms with Crippen molar-refractivity contribution in [1.29, 1.82) is 0 Å². The van der Waals surface area contributed by atoms with Gasteiger partial charge in [-0.2, -0.15) is 0 Å². The van der Waals surface area contributed by atoms with E-state index >= 15 is 0 Å². The molecular weight excluding hydrogens is 238 g/mol. The van der Waals surface area contributed by atoms with Crippen LogP contribution in [0.5, 0.6) is 5.75 Å². The van der Waals surface area contributed by atoms with Gasteiger partial charge in [-0.05, 0) is 24.6 Å². The van der Waals surface area contributed by atoms with Crippen molar-refractivity contribution in [3.63, 3.8) is 0 Å². The summed E-state index contributed by atoms with van der Waals surface area (Å²) in [4.78, 5) is 11.4. The van der Waals surface area contributed by atoms with Crippen molar-refractivity contribution >= 4 is 17.5 Å². The van der Waals surface area contributed by atoms with Crippen molar-refractivity contribution < 1.29 is 9.53 Å². The molecule has 0 saturated heterocycles. The molecule has 1 aromatic rings. The molecule has 0 heterocycles. The molecule has 0 aliphatic carbocycles. The van der Waals surface area contributed by atoms with E-state index in [-0.39, 0.29) is 12.5 Å². The number of hydrogen-bond donors (Lipinski definition) is 1. The van der Waals surface area contributed by atoms with Crippen LogP contribution in [-0.4, -0.2) is 19.1 Å². The van der Waals surface area contributed by atoms with Crippen molar-refractivity contribution in [3.05, 3.63) is 29.3 Å². The fraction of sp³-hybridized carbons (Fsp3) is 0.462. The molecule has 0 spiro atoms. The highest BCUT2D eigenvalue weighted by Crippen LogP contribution is 2.16. The topological polar surface area (TPSA) is 38.3 Å². The number of hydrogen-bond acceptors (Lipinski definition) is 2. The first kappa shape index (κ1) is 13.8. The average Bonchev–Trinajstić information content (AvgIpc) is 2.32. The van der Waals surface area contributed by atoms with Crippen molar-refractivity contribution in [1.82, 2.24) is 5.32 Å². The van der Waals surface area contributed by atoms with Gasteiger partial charge in [-0.3, -0.25) is 4.79 Å². The Bertz CT molecular complexity index is 355. The Labute approximate surface area is 107 Å². The lowest BCUT2D eigenvalue weighted by Crippen LogP contribution is -2.29. The van der Waals surface area contributed by atoms with E-state index in [2.05, 4.69) is 12.2 Å². The van der Waals surface area contributed by atoms with Crippen LogP contribution >= 0.6 is 11.6 Å². The van der Waals surface area contributed by atoms with Gasteiger partial charge < -0.3 is 10.1 Å². The Morgan fingerprint density at radius 2 is 2.24 bits per heavy atom. The summed E-state index contributed by atoms with van der Waals surface area (Å²) < 4.78 is 5.31. The van der Waals surface area contributed by atoms with Crippen LogP contribution in [0.2, 0.25) is 5.02 Å². The number of carbonyl (C=O) groups excluding carboxylic acids is 1. The lowest BCUT2D eigenvalue weighted by molar-refractivity contribution is -0.123. The molecule has 1 rings (SSSR count). The number of rotatable bonds is 7. The van der Waals surface area contributed by atoms with Crippen LogP contribution in [0.15, 0.2) is 24.3 Å². The number of amides is 1. The van der Waals surface area contributed by atoms with Gasteiger partial charge in [0.1, 0.15) is 5.75 Å². The van der Waals surface area contributed by atoms with Gasteiger partial charge in [0.2, 0.25) is 0 Å². The Morgan fingerprint density at radius 3 is 2.94 bits per heavy atom. The summed E-state index contributed by atoms with van der Waals surface area (Å²) >= 11 is 5.80. The standard InChI is InChI=1S/C13H18ClNO2/c1-2-3-4-8-15-13(16)10-17-12-7-5-6-11(14)9-12/h5-7,9H,2-4,8,10H2,1H3,(H,15,16). The zero-order chi connectivity index (χ0) is 12.5. The van der Waals surface area contributed by atoms with E-state index in [0.29, 0.717) is 17.3 Å². The Morgan fingerprint density at radius 1 is 1.41 bits per heavy atom. The summed E-state index contributed by atoms with van der Waals surface area (Å²) in [6.45, 7) is 2.88. The summed E-state index contributed by atoms with van der Waals surface area (Å²) in [5, 5.41) is 3.41.